The first-order valence-corrected chi connectivity index (χ1v) is 3.94. The number of rotatable bonds is 2. The Kier molecular flexibility index (Phi) is 4.69. The minimum absolute atomic E-state index is 0.0637. The van der Waals surface area contributed by atoms with Crippen molar-refractivity contribution in [1.29, 1.82) is 0 Å². The van der Waals surface area contributed by atoms with E-state index in [0.29, 0.717) is 0 Å². The van der Waals surface area contributed by atoms with Crippen LogP contribution in [0.3, 0.4) is 0 Å². The summed E-state index contributed by atoms with van der Waals surface area (Å²) in [6, 6.07) is 0. The van der Waals surface area contributed by atoms with Crippen molar-refractivity contribution in [2.24, 2.45) is 11.5 Å². The number of hydrogen-bond donors (Lipinski definition) is 2. The topological polar surface area (TPSA) is 70.5 Å². The van der Waals surface area contributed by atoms with Crippen LogP contribution < -0.4 is 11.5 Å². The predicted octanol–water partition coefficient (Wildman–Crippen LogP) is -0.959. The molecule has 4 nitrogen and oxygen atoms in total. The Hall–Kier alpha value is -0.101. The number of thiocarbonyl (C=S) groups is 2. The fourth-order valence-electron chi connectivity index (χ4n) is 0.0841. The molecule has 0 rings (SSSR count). The van der Waals surface area contributed by atoms with E-state index in [1.807, 2.05) is 0 Å². The van der Waals surface area contributed by atoms with E-state index in [2.05, 4.69) is 32.1 Å². The van der Waals surface area contributed by atoms with Gasteiger partial charge in [0.1, 0.15) is 0 Å². The molecule has 0 radical (unpaired) electrons. The Morgan fingerprint density at radius 1 is 1.11 bits per heavy atom. The van der Waals surface area contributed by atoms with E-state index >= 15 is 0 Å². The molecule has 0 atom stereocenters. The van der Waals surface area contributed by atoms with E-state index in [4.69, 9.17) is 11.5 Å². The van der Waals surface area contributed by atoms with E-state index in [9.17, 15) is 0 Å². The predicted molar refractivity (Wildman–Crippen MR) is 41.5 cm³/mol. The van der Waals surface area contributed by atoms with E-state index in [1.54, 1.807) is 0 Å². The van der Waals surface area contributed by atoms with Gasteiger partial charge in [-0.1, -0.05) is 0 Å². The molecule has 0 aliphatic heterocycles. The molecular formula is C2H4N2O2S2Se. The van der Waals surface area contributed by atoms with Crippen LogP contribution in [-0.4, -0.2) is 26.0 Å². The zero-order valence-electron chi connectivity index (χ0n) is 4.20. The molecule has 0 aliphatic carbocycles. The fourth-order valence-corrected chi connectivity index (χ4v) is 0.726. The molecule has 0 amide bonds. The molecular weight excluding hydrogens is 227 g/mol. The third-order valence-electron chi connectivity index (χ3n) is 0.232. The standard InChI is InChI=1S/C2H4N2O2S2Se/c3-1(7)5-9-6-2(4)8/h(H2,3,7)(H2,4,8). The normalized spacial score (nSPS) is 8.00. The Morgan fingerprint density at radius 3 is 1.67 bits per heavy atom. The van der Waals surface area contributed by atoms with Crippen LogP contribution in [0.2, 0.25) is 0 Å². The van der Waals surface area contributed by atoms with Gasteiger partial charge in [0, 0.05) is 0 Å². The molecule has 0 aromatic carbocycles. The molecule has 0 saturated heterocycles. The van der Waals surface area contributed by atoms with Crippen molar-refractivity contribution in [1.82, 2.24) is 0 Å². The van der Waals surface area contributed by atoms with Crippen LogP contribution in [0.25, 0.3) is 0 Å². The van der Waals surface area contributed by atoms with Crippen LogP contribution in [0.5, 0.6) is 0 Å². The summed E-state index contributed by atoms with van der Waals surface area (Å²) in [5.41, 5.74) is 9.88. The minimum atomic E-state index is -0.613. The van der Waals surface area contributed by atoms with Crippen molar-refractivity contribution in [3.8, 4) is 0 Å². The third-order valence-corrected chi connectivity index (χ3v) is 1.91. The van der Waals surface area contributed by atoms with Gasteiger partial charge >= 0.3 is 69.5 Å². The van der Waals surface area contributed by atoms with Gasteiger partial charge < -0.3 is 0 Å². The molecule has 0 spiro atoms. The molecule has 4 N–H and O–H groups in total. The first-order valence-electron chi connectivity index (χ1n) is 1.73. The van der Waals surface area contributed by atoms with Crippen molar-refractivity contribution in [3.63, 3.8) is 0 Å². The van der Waals surface area contributed by atoms with Crippen molar-refractivity contribution in [2.45, 2.75) is 0 Å². The molecule has 0 bridgehead atoms. The SMILES string of the molecule is NC(=S)O[Se]OC(N)=S. The first-order chi connectivity index (χ1) is 4.13. The average molecular weight is 231 g/mol. The zero-order valence-corrected chi connectivity index (χ0v) is 7.54. The van der Waals surface area contributed by atoms with Crippen LogP contribution in [0.1, 0.15) is 0 Å². The summed E-state index contributed by atoms with van der Waals surface area (Å²) >= 11 is 8.10. The zero-order chi connectivity index (χ0) is 7.28. The maximum atomic E-state index is 4.94. The third kappa shape index (κ3) is 7.90. The van der Waals surface area contributed by atoms with E-state index in [1.165, 1.54) is 0 Å². The van der Waals surface area contributed by atoms with Gasteiger partial charge in [-0.2, -0.15) is 0 Å². The maximum absolute atomic E-state index is 4.94. The molecule has 0 unspecified atom stereocenters. The molecule has 0 aromatic rings. The van der Waals surface area contributed by atoms with Crippen molar-refractivity contribution in [2.75, 3.05) is 0 Å². The summed E-state index contributed by atoms with van der Waals surface area (Å²) in [7, 11) is 0. The van der Waals surface area contributed by atoms with Gasteiger partial charge in [-0.25, -0.2) is 0 Å². The van der Waals surface area contributed by atoms with Crippen LogP contribution in [0.4, 0.5) is 0 Å². The number of hydrogen-bond acceptors (Lipinski definition) is 4. The quantitative estimate of drug-likeness (QED) is 0.471. The van der Waals surface area contributed by atoms with Gasteiger partial charge in [-0.15, -0.1) is 0 Å². The summed E-state index contributed by atoms with van der Waals surface area (Å²) in [4.78, 5) is 0. The molecule has 7 heteroatoms. The van der Waals surface area contributed by atoms with Gasteiger partial charge in [-0.3, -0.25) is 0 Å². The Balaban J connectivity index is 3.10. The molecule has 0 aliphatic rings. The van der Waals surface area contributed by atoms with Gasteiger partial charge in [-0.05, 0) is 0 Å². The summed E-state index contributed by atoms with van der Waals surface area (Å²) in [5.74, 6) is 0. The van der Waals surface area contributed by atoms with Crippen LogP contribution in [0, 0.1) is 0 Å². The van der Waals surface area contributed by atoms with Gasteiger partial charge in [0.05, 0.1) is 0 Å². The number of nitrogens with two attached hydrogens (primary N) is 2. The molecule has 9 heavy (non-hydrogen) atoms. The summed E-state index contributed by atoms with van der Waals surface area (Å²) < 4.78 is 9.07. The monoisotopic (exact) mass is 232 g/mol. The second-order valence-corrected chi connectivity index (χ2v) is 2.66. The Bertz CT molecular complexity index is 116. The van der Waals surface area contributed by atoms with Gasteiger partial charge in [0.2, 0.25) is 0 Å². The second kappa shape index (κ2) is 4.75. The van der Waals surface area contributed by atoms with E-state index in [0.717, 1.165) is 0 Å². The van der Waals surface area contributed by atoms with Crippen molar-refractivity contribution < 1.29 is 7.64 Å². The summed E-state index contributed by atoms with van der Waals surface area (Å²) in [5, 5.41) is -0.127. The first kappa shape index (κ1) is 8.90. The fraction of sp³-hybridized carbons (Fsp3) is 0. The van der Waals surface area contributed by atoms with Crippen molar-refractivity contribution >= 4 is 50.4 Å². The molecule has 52 valence electrons. The van der Waals surface area contributed by atoms with E-state index < -0.39 is 15.6 Å². The van der Waals surface area contributed by atoms with Gasteiger partial charge in [0.25, 0.3) is 0 Å². The summed E-state index contributed by atoms with van der Waals surface area (Å²) in [6.45, 7) is 0. The molecule has 0 heterocycles. The molecule has 0 aromatic heterocycles. The average Bonchev–Trinajstić information content (AvgIpc) is 1.63. The van der Waals surface area contributed by atoms with E-state index in [-0.39, 0.29) is 10.3 Å². The Morgan fingerprint density at radius 2 is 1.44 bits per heavy atom. The van der Waals surface area contributed by atoms with Crippen molar-refractivity contribution in [3.05, 3.63) is 0 Å². The van der Waals surface area contributed by atoms with Crippen LogP contribution >= 0.6 is 24.4 Å². The molecule has 0 saturated carbocycles. The van der Waals surface area contributed by atoms with Crippen LogP contribution in [0.15, 0.2) is 0 Å². The van der Waals surface area contributed by atoms with Crippen LogP contribution in [-0.2, 0) is 7.64 Å². The summed E-state index contributed by atoms with van der Waals surface area (Å²) in [6.07, 6.45) is 0. The van der Waals surface area contributed by atoms with Gasteiger partial charge in [0.15, 0.2) is 0 Å². The second-order valence-electron chi connectivity index (χ2n) is 0.873. The molecule has 0 fully saturated rings. The Labute approximate surface area is 69.7 Å².